The maximum absolute atomic E-state index is 12.4. The fourth-order valence-corrected chi connectivity index (χ4v) is 2.18. The third kappa shape index (κ3) is 6.62. The van der Waals surface area contributed by atoms with Crippen molar-refractivity contribution in [2.45, 2.75) is 38.9 Å². The normalized spacial score (nSPS) is 16.8. The first-order valence-corrected chi connectivity index (χ1v) is 8.07. The predicted molar refractivity (Wildman–Crippen MR) is 92.2 cm³/mol. The second-order valence-electron chi connectivity index (χ2n) is 5.45. The summed E-state index contributed by atoms with van der Waals surface area (Å²) in [5.74, 6) is -0.637. The Balaban J connectivity index is 2.75. The number of carbonyl (C=O) groups excluding carboxylic acids is 1. The van der Waals surface area contributed by atoms with E-state index in [4.69, 9.17) is 9.47 Å². The van der Waals surface area contributed by atoms with Crippen LogP contribution in [0.2, 0.25) is 0 Å². The van der Waals surface area contributed by atoms with Gasteiger partial charge in [0.25, 0.3) is 0 Å². The smallest absolute Gasteiger partial charge is 0.230 e. The minimum Gasteiger partial charge on any atom is -0.469 e. The van der Waals surface area contributed by atoms with Crippen LogP contribution in [0.1, 0.15) is 33.1 Å². The van der Waals surface area contributed by atoms with Gasteiger partial charge >= 0.3 is 0 Å². The highest BCUT2D eigenvalue weighted by Gasteiger charge is 2.27. The van der Waals surface area contributed by atoms with Gasteiger partial charge < -0.3 is 14.4 Å². The lowest BCUT2D eigenvalue weighted by atomic mass is 10.2. The van der Waals surface area contributed by atoms with Crippen molar-refractivity contribution < 1.29 is 14.3 Å². The van der Waals surface area contributed by atoms with Gasteiger partial charge in [-0.05, 0) is 17.3 Å². The molecule has 0 unspecified atom stereocenters. The van der Waals surface area contributed by atoms with Crippen molar-refractivity contribution in [3.63, 3.8) is 0 Å². The average Bonchev–Trinajstić information content (AvgIpc) is 2.44. The quantitative estimate of drug-likeness (QED) is 0.600. The summed E-state index contributed by atoms with van der Waals surface area (Å²) < 4.78 is 12.1. The molecule has 0 saturated heterocycles. The number of halogens is 1. The monoisotopic (exact) mass is 369 g/mol. The molecule has 0 aromatic carbocycles. The number of carbonyl (C=O) groups is 1. The number of amides is 1. The molecular formula is C17H24BrNO3. The minimum absolute atomic E-state index is 0.0106. The van der Waals surface area contributed by atoms with E-state index in [9.17, 15) is 4.79 Å². The number of hydrogen-bond acceptors (Lipinski definition) is 3. The van der Waals surface area contributed by atoms with Crippen molar-refractivity contribution in [2.75, 3.05) is 13.2 Å². The Morgan fingerprint density at radius 1 is 1.55 bits per heavy atom. The van der Waals surface area contributed by atoms with Crippen LogP contribution in [0.5, 0.6) is 0 Å². The van der Waals surface area contributed by atoms with E-state index < -0.39 is 5.79 Å². The Labute approximate surface area is 141 Å². The molecule has 0 aromatic rings. The summed E-state index contributed by atoms with van der Waals surface area (Å²) in [5, 5.41) is 0. The van der Waals surface area contributed by atoms with Crippen LogP contribution in [0.15, 0.2) is 47.8 Å². The van der Waals surface area contributed by atoms with Gasteiger partial charge in [-0.1, -0.05) is 47.3 Å². The van der Waals surface area contributed by atoms with Gasteiger partial charge in [-0.25, -0.2) is 0 Å². The maximum Gasteiger partial charge on any atom is 0.230 e. The molecule has 1 heterocycles. The summed E-state index contributed by atoms with van der Waals surface area (Å²) in [6, 6.07) is 0. The van der Waals surface area contributed by atoms with E-state index in [-0.39, 0.29) is 5.91 Å². The lowest BCUT2D eigenvalue weighted by molar-refractivity contribution is -0.195. The van der Waals surface area contributed by atoms with Crippen LogP contribution in [-0.4, -0.2) is 29.7 Å². The van der Waals surface area contributed by atoms with Crippen molar-refractivity contribution in [1.82, 2.24) is 4.90 Å². The number of rotatable bonds is 8. The topological polar surface area (TPSA) is 38.8 Å². The summed E-state index contributed by atoms with van der Waals surface area (Å²) in [6.45, 7) is 12.1. The molecular weight excluding hydrogens is 346 g/mol. The van der Waals surface area contributed by atoms with E-state index in [2.05, 4.69) is 29.1 Å². The number of hydrogen-bond donors (Lipinski definition) is 0. The van der Waals surface area contributed by atoms with Crippen LogP contribution in [0, 0.1) is 0 Å². The molecule has 122 valence electrons. The van der Waals surface area contributed by atoms with Crippen molar-refractivity contribution in [2.24, 2.45) is 0 Å². The zero-order valence-corrected chi connectivity index (χ0v) is 14.9. The van der Waals surface area contributed by atoms with Crippen molar-refractivity contribution in [1.29, 1.82) is 0 Å². The van der Waals surface area contributed by atoms with E-state index in [0.29, 0.717) is 19.6 Å². The lowest BCUT2D eigenvalue weighted by Crippen LogP contribution is -2.39. The first kappa shape index (κ1) is 18.7. The van der Waals surface area contributed by atoms with E-state index >= 15 is 0 Å². The van der Waals surface area contributed by atoms with Crippen LogP contribution in [0.25, 0.3) is 0 Å². The average molecular weight is 370 g/mol. The molecule has 0 aromatic heterocycles. The number of allylic oxidation sites excluding steroid dienone is 3. The molecule has 1 rings (SSSR count). The summed E-state index contributed by atoms with van der Waals surface area (Å²) in [7, 11) is 0. The molecule has 0 atom stereocenters. The summed E-state index contributed by atoms with van der Waals surface area (Å²) >= 11 is 3.34. The fourth-order valence-electron chi connectivity index (χ4n) is 1.90. The van der Waals surface area contributed by atoms with Crippen molar-refractivity contribution in [3.8, 4) is 0 Å². The Morgan fingerprint density at radius 2 is 2.27 bits per heavy atom. The zero-order chi connectivity index (χ0) is 16.6. The number of ether oxygens (including phenoxy) is 2. The molecule has 0 N–H and O–H groups in total. The SMILES string of the molecule is C=C/C=C/CC(=O)N(CCCC(=C)Br)C1=COC(C)(C)OC1. The largest absolute Gasteiger partial charge is 0.469 e. The third-order valence-corrected chi connectivity index (χ3v) is 3.49. The summed E-state index contributed by atoms with van der Waals surface area (Å²) in [4.78, 5) is 14.1. The van der Waals surface area contributed by atoms with Crippen molar-refractivity contribution in [3.05, 3.63) is 47.8 Å². The van der Waals surface area contributed by atoms with Gasteiger partial charge in [0, 0.05) is 26.8 Å². The first-order valence-electron chi connectivity index (χ1n) is 7.28. The molecule has 0 radical (unpaired) electrons. The molecule has 4 nitrogen and oxygen atoms in total. The molecule has 1 amide bonds. The van der Waals surface area contributed by atoms with Gasteiger partial charge in [0.1, 0.15) is 6.26 Å². The fraction of sp³-hybridized carbons (Fsp3) is 0.471. The van der Waals surface area contributed by atoms with Crippen LogP contribution < -0.4 is 0 Å². The van der Waals surface area contributed by atoms with Crippen LogP contribution in [0.4, 0.5) is 0 Å². The van der Waals surface area contributed by atoms with Crippen LogP contribution >= 0.6 is 15.9 Å². The molecule has 0 aliphatic carbocycles. The maximum atomic E-state index is 12.4. The van der Waals surface area contributed by atoms with Gasteiger partial charge in [-0.2, -0.15) is 0 Å². The van der Waals surface area contributed by atoms with E-state index in [1.807, 2.05) is 13.8 Å². The molecule has 5 heteroatoms. The third-order valence-electron chi connectivity index (χ3n) is 3.09. The van der Waals surface area contributed by atoms with Gasteiger partial charge in [0.2, 0.25) is 11.7 Å². The van der Waals surface area contributed by atoms with Crippen LogP contribution in [-0.2, 0) is 14.3 Å². The summed E-state index contributed by atoms with van der Waals surface area (Å²) in [5.41, 5.74) is 0.747. The zero-order valence-electron chi connectivity index (χ0n) is 13.3. The first-order chi connectivity index (χ1) is 10.4. The highest BCUT2D eigenvalue weighted by molar-refractivity contribution is 9.11. The lowest BCUT2D eigenvalue weighted by Gasteiger charge is -2.34. The molecule has 0 spiro atoms. The van der Waals surface area contributed by atoms with E-state index in [1.165, 1.54) is 0 Å². The van der Waals surface area contributed by atoms with Crippen LogP contribution in [0.3, 0.4) is 0 Å². The van der Waals surface area contributed by atoms with Gasteiger partial charge in [0.15, 0.2) is 0 Å². The second kappa shape index (κ2) is 8.96. The molecule has 0 bridgehead atoms. The Bertz CT molecular complexity index is 480. The molecule has 1 aliphatic rings. The predicted octanol–water partition coefficient (Wildman–Crippen LogP) is 4.26. The standard InChI is InChI=1S/C17H24BrNO3/c1-5-6-7-10-16(20)19(11-8-9-14(2)18)15-12-21-17(3,4)22-13-15/h5-7,12H,1-2,8-11,13H2,3-4H3/b7-6+. The minimum atomic E-state index is -0.648. The Kier molecular flexibility index (Phi) is 7.62. The Hall–Kier alpha value is -1.33. The highest BCUT2D eigenvalue weighted by Crippen LogP contribution is 2.23. The molecule has 0 saturated carbocycles. The highest BCUT2D eigenvalue weighted by atomic mass is 79.9. The summed E-state index contributed by atoms with van der Waals surface area (Å²) in [6.07, 6.45) is 8.79. The van der Waals surface area contributed by atoms with Gasteiger partial charge in [0.05, 0.1) is 12.3 Å². The second-order valence-corrected chi connectivity index (χ2v) is 6.57. The van der Waals surface area contributed by atoms with E-state index in [1.54, 1.807) is 29.4 Å². The molecule has 22 heavy (non-hydrogen) atoms. The molecule has 1 aliphatic heterocycles. The number of nitrogens with zero attached hydrogens (tertiary/aromatic N) is 1. The van der Waals surface area contributed by atoms with Gasteiger partial charge in [-0.3, -0.25) is 4.79 Å². The van der Waals surface area contributed by atoms with Gasteiger partial charge in [-0.15, -0.1) is 0 Å². The van der Waals surface area contributed by atoms with E-state index in [0.717, 1.165) is 23.0 Å². The Morgan fingerprint density at radius 3 is 2.82 bits per heavy atom. The van der Waals surface area contributed by atoms with Crippen molar-refractivity contribution >= 4 is 21.8 Å². The molecule has 0 fully saturated rings.